The van der Waals surface area contributed by atoms with Crippen molar-refractivity contribution in [1.29, 1.82) is 0 Å². The molecular weight excluding hydrogens is 362 g/mol. The first-order valence-corrected chi connectivity index (χ1v) is 8.69. The Morgan fingerprint density at radius 3 is 2.95 bits per heavy atom. The SMILES string of the molecule is NS(=O)(=O)CC1CC(=O)N(c2nc3cc(Br)ccc3o2)C1. The van der Waals surface area contributed by atoms with Gasteiger partial charge in [0.05, 0.1) is 5.75 Å². The normalized spacial score (nSPS) is 19.6. The zero-order valence-electron chi connectivity index (χ0n) is 10.8. The molecule has 2 heterocycles. The van der Waals surface area contributed by atoms with Gasteiger partial charge < -0.3 is 4.42 Å². The van der Waals surface area contributed by atoms with Gasteiger partial charge in [-0.05, 0) is 18.2 Å². The Kier molecular flexibility index (Phi) is 3.50. The molecule has 3 rings (SSSR count). The minimum absolute atomic E-state index is 0.124. The van der Waals surface area contributed by atoms with E-state index in [1.807, 2.05) is 6.07 Å². The monoisotopic (exact) mass is 373 g/mol. The number of nitrogens with two attached hydrogens (primary N) is 1. The first kappa shape index (κ1) is 14.5. The molecule has 1 fully saturated rings. The van der Waals surface area contributed by atoms with Gasteiger partial charge in [0.1, 0.15) is 5.52 Å². The van der Waals surface area contributed by atoms with E-state index >= 15 is 0 Å². The second-order valence-corrected chi connectivity index (χ2v) is 7.59. The molecule has 0 spiro atoms. The number of primary sulfonamides is 1. The number of halogens is 1. The summed E-state index contributed by atoms with van der Waals surface area (Å²) in [5, 5.41) is 5.02. The number of aromatic nitrogens is 1. The maximum atomic E-state index is 12.0. The van der Waals surface area contributed by atoms with Gasteiger partial charge in [-0.3, -0.25) is 9.69 Å². The lowest BCUT2D eigenvalue weighted by molar-refractivity contribution is -0.117. The molecule has 9 heteroatoms. The molecule has 2 N–H and O–H groups in total. The molecule has 0 radical (unpaired) electrons. The minimum Gasteiger partial charge on any atom is -0.423 e. The number of carbonyl (C=O) groups is 1. The van der Waals surface area contributed by atoms with Crippen molar-refractivity contribution >= 4 is 49.0 Å². The zero-order valence-corrected chi connectivity index (χ0v) is 13.2. The molecule has 1 unspecified atom stereocenters. The molecule has 7 nitrogen and oxygen atoms in total. The van der Waals surface area contributed by atoms with Crippen LogP contribution in [0.2, 0.25) is 0 Å². The minimum atomic E-state index is -3.60. The molecule has 1 atom stereocenters. The Morgan fingerprint density at radius 2 is 2.24 bits per heavy atom. The number of oxazole rings is 1. The third kappa shape index (κ3) is 3.09. The van der Waals surface area contributed by atoms with E-state index < -0.39 is 10.0 Å². The lowest BCUT2D eigenvalue weighted by Crippen LogP contribution is -2.27. The average Bonchev–Trinajstić information content (AvgIpc) is 2.89. The van der Waals surface area contributed by atoms with E-state index in [4.69, 9.17) is 9.56 Å². The van der Waals surface area contributed by atoms with Crippen molar-refractivity contribution in [3.05, 3.63) is 22.7 Å². The third-order valence-electron chi connectivity index (χ3n) is 3.24. The molecule has 1 aliphatic heterocycles. The molecule has 21 heavy (non-hydrogen) atoms. The van der Waals surface area contributed by atoms with Gasteiger partial charge in [-0.25, -0.2) is 13.6 Å². The largest absolute Gasteiger partial charge is 0.423 e. The average molecular weight is 374 g/mol. The molecule has 1 aromatic carbocycles. The number of nitrogens with zero attached hydrogens (tertiary/aromatic N) is 2. The van der Waals surface area contributed by atoms with Crippen LogP contribution in [0.3, 0.4) is 0 Å². The second kappa shape index (κ2) is 5.08. The lowest BCUT2D eigenvalue weighted by Gasteiger charge is -2.10. The summed E-state index contributed by atoms with van der Waals surface area (Å²) in [6.07, 6.45) is 0.124. The van der Waals surface area contributed by atoms with Crippen LogP contribution in [-0.4, -0.2) is 31.6 Å². The number of hydrogen-bond acceptors (Lipinski definition) is 5. The van der Waals surface area contributed by atoms with Gasteiger partial charge in [0.15, 0.2) is 5.58 Å². The smallest absolute Gasteiger partial charge is 0.305 e. The highest BCUT2D eigenvalue weighted by atomic mass is 79.9. The lowest BCUT2D eigenvalue weighted by atomic mass is 10.1. The summed E-state index contributed by atoms with van der Waals surface area (Å²) in [5.41, 5.74) is 1.19. The number of sulfonamides is 1. The van der Waals surface area contributed by atoms with Crippen LogP contribution in [0.4, 0.5) is 6.01 Å². The Bertz CT molecular complexity index is 817. The summed E-state index contributed by atoms with van der Waals surface area (Å²) in [4.78, 5) is 17.6. The van der Waals surface area contributed by atoms with Crippen LogP contribution >= 0.6 is 15.9 Å². The van der Waals surface area contributed by atoms with Gasteiger partial charge in [0, 0.05) is 23.4 Å². The van der Waals surface area contributed by atoms with Gasteiger partial charge in [-0.1, -0.05) is 15.9 Å². The molecule has 0 saturated carbocycles. The topological polar surface area (TPSA) is 106 Å². The van der Waals surface area contributed by atoms with Crippen LogP contribution in [0.5, 0.6) is 0 Å². The summed E-state index contributed by atoms with van der Waals surface area (Å²) in [6.45, 7) is 0.239. The van der Waals surface area contributed by atoms with Crippen LogP contribution < -0.4 is 10.0 Å². The first-order chi connectivity index (χ1) is 9.82. The standard InChI is InChI=1S/C12H12BrN3O4S/c13-8-1-2-10-9(4-8)15-12(20-10)16-5-7(3-11(16)17)6-21(14,18)19/h1-2,4,7H,3,5-6H2,(H2,14,18,19). The number of carbonyl (C=O) groups excluding carboxylic acids is 1. The van der Waals surface area contributed by atoms with Crippen LogP contribution in [0, 0.1) is 5.92 Å². The van der Waals surface area contributed by atoms with Crippen molar-refractivity contribution in [1.82, 2.24) is 4.98 Å². The molecule has 1 aliphatic rings. The van der Waals surface area contributed by atoms with E-state index in [1.54, 1.807) is 12.1 Å². The maximum Gasteiger partial charge on any atom is 0.305 e. The van der Waals surface area contributed by atoms with Gasteiger partial charge in [0.25, 0.3) is 0 Å². The molecule has 2 aromatic rings. The summed E-state index contributed by atoms with van der Waals surface area (Å²) in [5.74, 6) is -0.774. The number of hydrogen-bond donors (Lipinski definition) is 1. The highest BCUT2D eigenvalue weighted by Gasteiger charge is 2.35. The number of benzene rings is 1. The van der Waals surface area contributed by atoms with Gasteiger partial charge in [-0.2, -0.15) is 4.98 Å². The Balaban J connectivity index is 1.87. The highest BCUT2D eigenvalue weighted by molar-refractivity contribution is 9.10. The van der Waals surface area contributed by atoms with Crippen molar-refractivity contribution in [2.24, 2.45) is 11.1 Å². The summed E-state index contributed by atoms with van der Waals surface area (Å²) in [7, 11) is -3.60. The van der Waals surface area contributed by atoms with Crippen molar-refractivity contribution in [3.63, 3.8) is 0 Å². The van der Waals surface area contributed by atoms with E-state index in [-0.39, 0.29) is 36.6 Å². The molecular formula is C12H12BrN3O4S. The van der Waals surface area contributed by atoms with Crippen molar-refractivity contribution < 1.29 is 17.6 Å². The van der Waals surface area contributed by atoms with Crippen molar-refractivity contribution in [2.75, 3.05) is 17.2 Å². The van der Waals surface area contributed by atoms with Gasteiger partial charge in [0.2, 0.25) is 15.9 Å². The fourth-order valence-electron chi connectivity index (χ4n) is 2.41. The molecule has 1 aromatic heterocycles. The molecule has 0 bridgehead atoms. The predicted octanol–water partition coefficient (Wildman–Crippen LogP) is 1.23. The summed E-state index contributed by atoms with van der Waals surface area (Å²) in [6, 6.07) is 5.53. The fraction of sp³-hybridized carbons (Fsp3) is 0.333. The zero-order chi connectivity index (χ0) is 15.2. The van der Waals surface area contributed by atoms with Crippen LogP contribution in [-0.2, 0) is 14.8 Å². The summed E-state index contributed by atoms with van der Waals surface area (Å²) >= 11 is 3.34. The molecule has 0 aliphatic carbocycles. The van der Waals surface area contributed by atoms with E-state index in [0.717, 1.165) is 4.47 Å². The number of fused-ring (bicyclic) bond motifs is 1. The molecule has 1 saturated heterocycles. The Morgan fingerprint density at radius 1 is 1.48 bits per heavy atom. The van der Waals surface area contributed by atoms with Crippen LogP contribution in [0.1, 0.15) is 6.42 Å². The number of rotatable bonds is 3. The Hall–Kier alpha value is -1.45. The third-order valence-corrected chi connectivity index (χ3v) is 4.67. The van der Waals surface area contributed by atoms with Crippen molar-refractivity contribution in [2.45, 2.75) is 6.42 Å². The maximum absolute atomic E-state index is 12.0. The van der Waals surface area contributed by atoms with Crippen LogP contribution in [0.15, 0.2) is 27.1 Å². The quantitative estimate of drug-likeness (QED) is 0.870. The summed E-state index contributed by atoms with van der Waals surface area (Å²) < 4.78 is 28.6. The number of anilines is 1. The predicted molar refractivity (Wildman–Crippen MR) is 80.1 cm³/mol. The fourth-order valence-corrected chi connectivity index (χ4v) is 3.64. The van der Waals surface area contributed by atoms with Crippen LogP contribution in [0.25, 0.3) is 11.1 Å². The molecule has 112 valence electrons. The number of amides is 1. The van der Waals surface area contributed by atoms with Gasteiger partial charge in [-0.15, -0.1) is 0 Å². The highest BCUT2D eigenvalue weighted by Crippen LogP contribution is 2.29. The van der Waals surface area contributed by atoms with E-state index in [0.29, 0.717) is 11.1 Å². The van der Waals surface area contributed by atoms with E-state index in [2.05, 4.69) is 20.9 Å². The first-order valence-electron chi connectivity index (χ1n) is 6.19. The molecule has 1 amide bonds. The van der Waals surface area contributed by atoms with Crippen molar-refractivity contribution in [3.8, 4) is 0 Å². The van der Waals surface area contributed by atoms with E-state index in [9.17, 15) is 13.2 Å². The Labute approximate surface area is 129 Å². The van der Waals surface area contributed by atoms with Gasteiger partial charge >= 0.3 is 6.01 Å². The van der Waals surface area contributed by atoms with E-state index in [1.165, 1.54) is 4.90 Å². The second-order valence-electron chi connectivity index (χ2n) is 5.01.